The van der Waals surface area contributed by atoms with Crippen LogP contribution in [0.5, 0.6) is 5.75 Å². The molecule has 0 fully saturated rings. The van der Waals surface area contributed by atoms with Crippen LogP contribution in [-0.4, -0.2) is 21.3 Å². The summed E-state index contributed by atoms with van der Waals surface area (Å²) in [6.07, 6.45) is 6.94. The van der Waals surface area contributed by atoms with Gasteiger partial charge in [-0.1, -0.05) is 6.07 Å². The fourth-order valence-corrected chi connectivity index (χ4v) is 2.35. The second-order valence-electron chi connectivity index (χ2n) is 4.56. The summed E-state index contributed by atoms with van der Waals surface area (Å²) in [4.78, 5) is 3.98. The van der Waals surface area contributed by atoms with Crippen LogP contribution in [0.3, 0.4) is 0 Å². The molecule has 0 bridgehead atoms. The number of aliphatic hydroxyl groups is 1. The highest BCUT2D eigenvalue weighted by Gasteiger charge is 2.20. The molecule has 1 aliphatic rings. The second-order valence-corrected chi connectivity index (χ2v) is 4.56. The van der Waals surface area contributed by atoms with Gasteiger partial charge in [-0.2, -0.15) is 0 Å². The maximum absolute atomic E-state index is 9.72. The predicted octanol–water partition coefficient (Wildman–Crippen LogP) is 1.94. The molecule has 0 aliphatic heterocycles. The van der Waals surface area contributed by atoms with Crippen molar-refractivity contribution in [1.82, 2.24) is 9.55 Å². The quantitative estimate of drug-likeness (QED) is 0.894. The van der Waals surface area contributed by atoms with E-state index in [0.717, 1.165) is 30.7 Å². The van der Waals surface area contributed by atoms with Gasteiger partial charge in [-0.25, -0.2) is 4.98 Å². The Balaban J connectivity index is 1.60. The molecule has 2 aromatic rings. The Morgan fingerprint density at radius 3 is 3.22 bits per heavy atom. The number of rotatable bonds is 4. The van der Waals surface area contributed by atoms with Crippen LogP contribution in [0.4, 0.5) is 0 Å². The van der Waals surface area contributed by atoms with Crippen LogP contribution in [0.2, 0.25) is 0 Å². The highest BCUT2D eigenvalue weighted by Crippen LogP contribution is 2.33. The van der Waals surface area contributed by atoms with Crippen LogP contribution in [-0.2, 0) is 13.0 Å². The van der Waals surface area contributed by atoms with Crippen molar-refractivity contribution in [3.63, 3.8) is 0 Å². The average Bonchev–Trinajstić information content (AvgIpc) is 3.00. The first-order chi connectivity index (χ1) is 8.83. The van der Waals surface area contributed by atoms with E-state index < -0.39 is 0 Å². The number of fused-ring (bicyclic) bond motifs is 1. The second kappa shape index (κ2) is 4.82. The third-order valence-corrected chi connectivity index (χ3v) is 3.34. The molecule has 0 amide bonds. The maximum Gasteiger partial charge on any atom is 0.119 e. The zero-order valence-corrected chi connectivity index (χ0v) is 10.1. The summed E-state index contributed by atoms with van der Waals surface area (Å²) in [5.74, 6) is 0.878. The molecule has 94 valence electrons. The van der Waals surface area contributed by atoms with Crippen LogP contribution >= 0.6 is 0 Å². The topological polar surface area (TPSA) is 47.3 Å². The van der Waals surface area contributed by atoms with Crippen LogP contribution in [0.25, 0.3) is 0 Å². The lowest BCUT2D eigenvalue weighted by atomic mass is 10.1. The Morgan fingerprint density at radius 1 is 1.44 bits per heavy atom. The predicted molar refractivity (Wildman–Crippen MR) is 67.4 cm³/mol. The molecule has 0 unspecified atom stereocenters. The minimum Gasteiger partial charge on any atom is -0.492 e. The molecule has 4 heteroatoms. The van der Waals surface area contributed by atoms with Crippen molar-refractivity contribution in [2.75, 3.05) is 6.61 Å². The highest BCUT2D eigenvalue weighted by molar-refractivity contribution is 5.39. The third-order valence-electron chi connectivity index (χ3n) is 3.34. The van der Waals surface area contributed by atoms with Gasteiger partial charge in [0.05, 0.1) is 19.0 Å². The van der Waals surface area contributed by atoms with Crippen molar-refractivity contribution in [3.8, 4) is 5.75 Å². The Kier molecular flexibility index (Phi) is 3.02. The van der Waals surface area contributed by atoms with Gasteiger partial charge in [0.1, 0.15) is 12.4 Å². The minimum atomic E-state index is -0.292. The number of hydrogen-bond donors (Lipinski definition) is 1. The smallest absolute Gasteiger partial charge is 0.119 e. The van der Waals surface area contributed by atoms with E-state index in [1.807, 2.05) is 29.0 Å². The minimum absolute atomic E-state index is 0.292. The lowest BCUT2D eigenvalue weighted by Gasteiger charge is -2.09. The lowest BCUT2D eigenvalue weighted by molar-refractivity contribution is 0.180. The molecule has 0 saturated carbocycles. The Morgan fingerprint density at radius 2 is 2.39 bits per heavy atom. The normalized spacial score (nSPS) is 17.7. The van der Waals surface area contributed by atoms with E-state index >= 15 is 0 Å². The standard InChI is InChI=1S/C14H16N2O2/c17-14-4-1-11-9-12(2-3-13(11)14)18-8-7-16-6-5-15-10-16/h2-3,5-6,9-10,14,17H,1,4,7-8H2/t14-/m0/s1. The van der Waals surface area contributed by atoms with Crippen molar-refractivity contribution in [2.45, 2.75) is 25.5 Å². The SMILES string of the molecule is O[C@H]1CCc2cc(OCCn3ccnc3)ccc21. The van der Waals surface area contributed by atoms with Gasteiger partial charge in [-0.05, 0) is 36.1 Å². The van der Waals surface area contributed by atoms with Crippen LogP contribution < -0.4 is 4.74 Å². The molecular formula is C14H16N2O2. The summed E-state index contributed by atoms with van der Waals surface area (Å²) in [6.45, 7) is 1.41. The molecule has 1 aliphatic carbocycles. The van der Waals surface area contributed by atoms with Crippen LogP contribution in [0.1, 0.15) is 23.7 Å². The summed E-state index contributed by atoms with van der Waals surface area (Å²) in [5, 5.41) is 9.72. The van der Waals surface area contributed by atoms with Crippen molar-refractivity contribution in [2.24, 2.45) is 0 Å². The molecule has 1 N–H and O–H groups in total. The number of hydrogen-bond acceptors (Lipinski definition) is 3. The van der Waals surface area contributed by atoms with Gasteiger partial charge in [-0.15, -0.1) is 0 Å². The van der Waals surface area contributed by atoms with Gasteiger partial charge in [0.15, 0.2) is 0 Å². The molecule has 0 spiro atoms. The number of aryl methyl sites for hydroxylation is 1. The van der Waals surface area contributed by atoms with Crippen molar-refractivity contribution in [1.29, 1.82) is 0 Å². The van der Waals surface area contributed by atoms with Crippen LogP contribution in [0, 0.1) is 0 Å². The van der Waals surface area contributed by atoms with Crippen molar-refractivity contribution in [3.05, 3.63) is 48.0 Å². The first-order valence-electron chi connectivity index (χ1n) is 6.22. The Bertz CT molecular complexity index is 523. The highest BCUT2D eigenvalue weighted by atomic mass is 16.5. The molecule has 3 rings (SSSR count). The van der Waals surface area contributed by atoms with Gasteiger partial charge in [0.2, 0.25) is 0 Å². The zero-order chi connectivity index (χ0) is 12.4. The van der Waals surface area contributed by atoms with E-state index in [2.05, 4.69) is 4.98 Å². The average molecular weight is 244 g/mol. The molecule has 1 aromatic heterocycles. The van der Waals surface area contributed by atoms with E-state index in [4.69, 9.17) is 4.74 Å². The summed E-state index contributed by atoms with van der Waals surface area (Å²) in [5.41, 5.74) is 2.26. The van der Waals surface area contributed by atoms with E-state index in [-0.39, 0.29) is 6.10 Å². The summed E-state index contributed by atoms with van der Waals surface area (Å²) in [6, 6.07) is 5.94. The number of aromatic nitrogens is 2. The summed E-state index contributed by atoms with van der Waals surface area (Å²) >= 11 is 0. The fraction of sp³-hybridized carbons (Fsp3) is 0.357. The zero-order valence-electron chi connectivity index (χ0n) is 10.1. The maximum atomic E-state index is 9.72. The summed E-state index contributed by atoms with van der Waals surface area (Å²) in [7, 11) is 0. The summed E-state index contributed by atoms with van der Waals surface area (Å²) < 4.78 is 7.69. The molecule has 1 aromatic carbocycles. The molecular weight excluding hydrogens is 228 g/mol. The number of aliphatic hydroxyl groups excluding tert-OH is 1. The van der Waals surface area contributed by atoms with Gasteiger partial charge in [0, 0.05) is 12.4 Å². The number of nitrogens with zero attached hydrogens (tertiary/aromatic N) is 2. The molecule has 18 heavy (non-hydrogen) atoms. The molecule has 1 atom stereocenters. The molecule has 1 heterocycles. The number of benzene rings is 1. The van der Waals surface area contributed by atoms with Crippen LogP contribution in [0.15, 0.2) is 36.9 Å². The fourth-order valence-electron chi connectivity index (χ4n) is 2.35. The van der Waals surface area contributed by atoms with E-state index in [1.165, 1.54) is 5.56 Å². The lowest BCUT2D eigenvalue weighted by Crippen LogP contribution is -2.06. The van der Waals surface area contributed by atoms with Gasteiger partial charge in [-0.3, -0.25) is 0 Å². The van der Waals surface area contributed by atoms with Gasteiger partial charge >= 0.3 is 0 Å². The number of imidazole rings is 1. The Labute approximate surface area is 106 Å². The van der Waals surface area contributed by atoms with Gasteiger partial charge < -0.3 is 14.4 Å². The molecule has 4 nitrogen and oxygen atoms in total. The third kappa shape index (κ3) is 2.24. The number of ether oxygens (including phenoxy) is 1. The first-order valence-corrected chi connectivity index (χ1v) is 6.22. The first kappa shape index (κ1) is 11.3. The van der Waals surface area contributed by atoms with E-state index in [0.29, 0.717) is 6.61 Å². The Hall–Kier alpha value is -1.81. The van der Waals surface area contributed by atoms with Crippen molar-refractivity contribution < 1.29 is 9.84 Å². The van der Waals surface area contributed by atoms with E-state index in [9.17, 15) is 5.11 Å². The van der Waals surface area contributed by atoms with Gasteiger partial charge in [0.25, 0.3) is 0 Å². The van der Waals surface area contributed by atoms with Crippen molar-refractivity contribution >= 4 is 0 Å². The largest absolute Gasteiger partial charge is 0.492 e. The molecule has 0 radical (unpaired) electrons. The monoisotopic (exact) mass is 244 g/mol. The molecule has 0 saturated heterocycles. The van der Waals surface area contributed by atoms with E-state index in [1.54, 1.807) is 12.5 Å².